The fourth-order valence-electron chi connectivity index (χ4n) is 4.57. The maximum atomic E-state index is 12.7. The van der Waals surface area contributed by atoms with Crippen LogP contribution in [0.25, 0.3) is 10.9 Å². The number of benzene rings is 2. The highest BCUT2D eigenvalue weighted by atomic mass is 16.1. The monoisotopic (exact) mass is 396 g/mol. The number of hydrogen-bond acceptors (Lipinski definition) is 4. The number of carbonyl (C=O) groups excluding carboxylic acids is 1. The number of hydrogen-bond donors (Lipinski definition) is 1. The third-order valence-corrected chi connectivity index (χ3v) is 6.41. The molecule has 1 saturated carbocycles. The summed E-state index contributed by atoms with van der Waals surface area (Å²) in [4.78, 5) is 19.5. The molecular formula is C25H24N4O. The van der Waals surface area contributed by atoms with E-state index >= 15 is 0 Å². The molecule has 0 unspecified atom stereocenters. The van der Waals surface area contributed by atoms with Gasteiger partial charge in [-0.3, -0.25) is 14.7 Å². The van der Waals surface area contributed by atoms with Crippen molar-refractivity contribution in [2.45, 2.75) is 19.4 Å². The number of amides is 1. The normalized spacial score (nSPS) is 20.4. The van der Waals surface area contributed by atoms with Crippen molar-refractivity contribution in [3.05, 3.63) is 77.0 Å². The Labute approximate surface area is 176 Å². The van der Waals surface area contributed by atoms with Gasteiger partial charge in [0.15, 0.2) is 0 Å². The lowest BCUT2D eigenvalue weighted by Crippen LogP contribution is -2.33. The topological polar surface area (TPSA) is 69.0 Å². The molecule has 5 heteroatoms. The predicted octanol–water partition coefficient (Wildman–Crippen LogP) is 3.53. The van der Waals surface area contributed by atoms with E-state index in [1.807, 2.05) is 36.4 Å². The van der Waals surface area contributed by atoms with Gasteiger partial charge in [0.1, 0.15) is 0 Å². The van der Waals surface area contributed by atoms with E-state index in [9.17, 15) is 4.79 Å². The minimum absolute atomic E-state index is 0.0144. The number of carbonyl (C=O) groups is 1. The number of para-hydroxylation sites is 1. The highest BCUT2D eigenvalue weighted by molar-refractivity contribution is 6.05. The summed E-state index contributed by atoms with van der Waals surface area (Å²) in [5.74, 6) is 1.20. The molecule has 1 amide bonds. The molecule has 0 spiro atoms. The Kier molecular flexibility index (Phi) is 4.94. The molecule has 2 aliphatic rings. The quantitative estimate of drug-likeness (QED) is 0.716. The average Bonchev–Trinajstić information content (AvgIpc) is 3.54. The number of aromatic nitrogens is 1. The summed E-state index contributed by atoms with van der Waals surface area (Å²) in [5, 5.41) is 13.1. The first-order valence-electron chi connectivity index (χ1n) is 10.6. The number of nitrogens with one attached hydrogen (secondary N) is 1. The second-order valence-corrected chi connectivity index (χ2v) is 8.42. The molecule has 30 heavy (non-hydrogen) atoms. The molecule has 1 aliphatic carbocycles. The molecule has 0 radical (unpaired) electrons. The molecule has 5 nitrogen and oxygen atoms in total. The first-order chi connectivity index (χ1) is 14.7. The van der Waals surface area contributed by atoms with E-state index in [0.29, 0.717) is 17.4 Å². The summed E-state index contributed by atoms with van der Waals surface area (Å²) < 4.78 is 0. The maximum absolute atomic E-state index is 12.7. The summed E-state index contributed by atoms with van der Waals surface area (Å²) in [6, 6.07) is 17.8. The van der Waals surface area contributed by atoms with E-state index in [2.05, 4.69) is 27.3 Å². The summed E-state index contributed by atoms with van der Waals surface area (Å²) >= 11 is 0. The number of nitriles is 1. The van der Waals surface area contributed by atoms with E-state index in [-0.39, 0.29) is 5.91 Å². The number of rotatable bonds is 5. The molecular weight excluding hydrogens is 372 g/mol. The smallest absolute Gasteiger partial charge is 0.252 e. The Morgan fingerprint density at radius 3 is 2.97 bits per heavy atom. The van der Waals surface area contributed by atoms with Crippen LogP contribution in [0.5, 0.6) is 0 Å². The molecule has 150 valence electrons. The fraction of sp³-hybridized carbons (Fsp3) is 0.320. The molecule has 1 aliphatic heterocycles. The van der Waals surface area contributed by atoms with Crippen LogP contribution in [0.15, 0.2) is 54.7 Å². The molecule has 2 atom stereocenters. The summed E-state index contributed by atoms with van der Waals surface area (Å²) in [7, 11) is 0. The lowest BCUT2D eigenvalue weighted by Gasteiger charge is -2.29. The second kappa shape index (κ2) is 7.89. The van der Waals surface area contributed by atoms with Gasteiger partial charge in [0.05, 0.1) is 22.7 Å². The Morgan fingerprint density at radius 1 is 1.17 bits per heavy atom. The summed E-state index contributed by atoms with van der Waals surface area (Å²) in [6.45, 7) is 3.81. The van der Waals surface area contributed by atoms with Crippen LogP contribution in [0, 0.1) is 23.2 Å². The van der Waals surface area contributed by atoms with Gasteiger partial charge in [-0.25, -0.2) is 0 Å². The van der Waals surface area contributed by atoms with Crippen molar-refractivity contribution in [3.8, 4) is 6.07 Å². The zero-order valence-corrected chi connectivity index (χ0v) is 16.8. The minimum Gasteiger partial charge on any atom is -0.352 e. The molecule has 2 heterocycles. The molecule has 1 N–H and O–H groups in total. The van der Waals surface area contributed by atoms with Crippen molar-refractivity contribution in [1.82, 2.24) is 15.2 Å². The lowest BCUT2D eigenvalue weighted by molar-refractivity contribution is 0.0952. The van der Waals surface area contributed by atoms with Crippen molar-refractivity contribution in [3.63, 3.8) is 0 Å². The molecule has 0 saturated heterocycles. The Bertz CT molecular complexity index is 1140. The highest BCUT2D eigenvalue weighted by Gasteiger charge is 2.38. The number of pyridine rings is 1. The Hall–Kier alpha value is -3.23. The zero-order chi connectivity index (χ0) is 20.5. The van der Waals surface area contributed by atoms with Gasteiger partial charge >= 0.3 is 0 Å². The molecule has 2 aromatic carbocycles. The second-order valence-electron chi connectivity index (χ2n) is 8.42. The summed E-state index contributed by atoms with van der Waals surface area (Å²) in [6.07, 6.45) is 3.88. The third kappa shape index (κ3) is 3.79. The Morgan fingerprint density at radius 2 is 2.07 bits per heavy atom. The van der Waals surface area contributed by atoms with Gasteiger partial charge in [0.2, 0.25) is 0 Å². The van der Waals surface area contributed by atoms with Gasteiger partial charge in [-0.2, -0.15) is 5.26 Å². The first-order valence-corrected chi connectivity index (χ1v) is 10.6. The van der Waals surface area contributed by atoms with Crippen LogP contribution in [0.1, 0.15) is 33.5 Å². The van der Waals surface area contributed by atoms with Crippen LogP contribution in [0.4, 0.5) is 0 Å². The average molecular weight is 396 g/mol. The van der Waals surface area contributed by atoms with E-state index < -0.39 is 0 Å². The largest absolute Gasteiger partial charge is 0.352 e. The molecule has 5 rings (SSSR count). The van der Waals surface area contributed by atoms with Gasteiger partial charge in [-0.1, -0.05) is 24.3 Å². The standard InChI is InChI=1S/C25H24N4O/c26-13-17-5-6-19-15-29(10-8-18(19)11-17)16-21-12-20(21)14-28-25(30)23-7-9-27-24-4-2-1-3-22(23)24/h1-7,9,11,20-21H,8,10,12,14-16H2,(H,28,30)/t20-,21-/m0/s1. The molecule has 1 fully saturated rings. The van der Waals surface area contributed by atoms with Gasteiger partial charge in [0.25, 0.3) is 5.91 Å². The van der Waals surface area contributed by atoms with Crippen LogP contribution >= 0.6 is 0 Å². The first kappa shape index (κ1) is 18.8. The van der Waals surface area contributed by atoms with Crippen LogP contribution in [-0.4, -0.2) is 35.4 Å². The van der Waals surface area contributed by atoms with Gasteiger partial charge in [-0.05, 0) is 60.1 Å². The zero-order valence-electron chi connectivity index (χ0n) is 16.8. The van der Waals surface area contributed by atoms with E-state index in [1.165, 1.54) is 17.5 Å². The molecule has 1 aromatic heterocycles. The predicted molar refractivity (Wildman–Crippen MR) is 116 cm³/mol. The van der Waals surface area contributed by atoms with Crippen LogP contribution in [-0.2, 0) is 13.0 Å². The van der Waals surface area contributed by atoms with E-state index in [0.717, 1.165) is 49.1 Å². The van der Waals surface area contributed by atoms with Gasteiger partial charge < -0.3 is 5.32 Å². The Balaban J connectivity index is 1.14. The van der Waals surface area contributed by atoms with Crippen LogP contribution in [0.3, 0.4) is 0 Å². The summed E-state index contributed by atoms with van der Waals surface area (Å²) in [5.41, 5.74) is 4.95. The molecule has 3 aromatic rings. The van der Waals surface area contributed by atoms with Crippen LogP contribution in [0.2, 0.25) is 0 Å². The van der Waals surface area contributed by atoms with E-state index in [1.54, 1.807) is 12.3 Å². The SMILES string of the molecule is N#Cc1ccc2c(c1)CCN(C[C@@H]1C[C@H]1CNC(=O)c1ccnc3ccccc13)C2. The van der Waals surface area contributed by atoms with Crippen molar-refractivity contribution >= 4 is 16.8 Å². The maximum Gasteiger partial charge on any atom is 0.252 e. The minimum atomic E-state index is -0.0144. The van der Waals surface area contributed by atoms with Crippen molar-refractivity contribution < 1.29 is 4.79 Å². The lowest BCUT2D eigenvalue weighted by atomic mass is 9.97. The fourth-order valence-corrected chi connectivity index (χ4v) is 4.57. The van der Waals surface area contributed by atoms with Crippen LogP contribution < -0.4 is 5.32 Å². The number of nitrogens with zero attached hydrogens (tertiary/aromatic N) is 3. The van der Waals surface area contributed by atoms with Crippen molar-refractivity contribution in [2.24, 2.45) is 11.8 Å². The van der Waals surface area contributed by atoms with E-state index in [4.69, 9.17) is 5.26 Å². The number of fused-ring (bicyclic) bond motifs is 2. The third-order valence-electron chi connectivity index (χ3n) is 6.41. The van der Waals surface area contributed by atoms with Crippen molar-refractivity contribution in [2.75, 3.05) is 19.6 Å². The highest BCUT2D eigenvalue weighted by Crippen LogP contribution is 2.39. The van der Waals surface area contributed by atoms with Gasteiger partial charge in [0, 0.05) is 37.8 Å². The van der Waals surface area contributed by atoms with Crippen molar-refractivity contribution in [1.29, 1.82) is 5.26 Å². The molecule has 0 bridgehead atoms. The van der Waals surface area contributed by atoms with Gasteiger partial charge in [-0.15, -0.1) is 0 Å².